The largest absolute Gasteiger partial charge is 0.468 e. The van der Waals surface area contributed by atoms with Crippen molar-refractivity contribution in [3.05, 3.63) is 23.3 Å². The Morgan fingerprint density at radius 3 is 2.54 bits per heavy atom. The third kappa shape index (κ3) is 2.50. The van der Waals surface area contributed by atoms with Crippen molar-refractivity contribution in [2.24, 2.45) is 0 Å². The van der Waals surface area contributed by atoms with Crippen molar-refractivity contribution in [2.75, 3.05) is 6.61 Å². The van der Waals surface area contributed by atoms with Crippen molar-refractivity contribution in [2.45, 2.75) is 20.3 Å². The van der Waals surface area contributed by atoms with Crippen LogP contribution in [0, 0.1) is 13.8 Å². The van der Waals surface area contributed by atoms with E-state index in [-0.39, 0.29) is 0 Å². The summed E-state index contributed by atoms with van der Waals surface area (Å²) in [6.07, 6.45) is 2.21. The first kappa shape index (κ1) is 9.64. The van der Waals surface area contributed by atoms with Gasteiger partial charge in [0.05, 0.1) is 6.61 Å². The number of carbonyl (C=O) groups is 1. The molecular weight excluding hydrogens is 168 g/mol. The van der Waals surface area contributed by atoms with Gasteiger partial charge in [0.1, 0.15) is 6.33 Å². The lowest BCUT2D eigenvalue weighted by atomic mass is 10.1. The lowest BCUT2D eigenvalue weighted by Gasteiger charge is -2.06. The molecule has 0 unspecified atom stereocenters. The second kappa shape index (κ2) is 4.54. The average molecular weight is 180 g/mol. The van der Waals surface area contributed by atoms with E-state index in [4.69, 9.17) is 0 Å². The molecule has 0 aliphatic rings. The topological polar surface area (TPSA) is 52.1 Å². The standard InChI is InChI=1S/C9H12N2O2/c1-7-9(3-4-13-6-12)8(2)11-5-10-7/h5-6H,3-4H2,1-2H3. The summed E-state index contributed by atoms with van der Waals surface area (Å²) in [5.41, 5.74) is 2.95. The second-order valence-corrected chi connectivity index (χ2v) is 2.74. The van der Waals surface area contributed by atoms with Crippen molar-refractivity contribution in [3.63, 3.8) is 0 Å². The van der Waals surface area contributed by atoms with Gasteiger partial charge in [0, 0.05) is 17.8 Å². The Balaban J connectivity index is 2.69. The minimum Gasteiger partial charge on any atom is -0.468 e. The normalized spacial score (nSPS) is 9.69. The van der Waals surface area contributed by atoms with Crippen LogP contribution >= 0.6 is 0 Å². The number of carbonyl (C=O) groups excluding carboxylic acids is 1. The molecule has 1 heterocycles. The number of rotatable bonds is 4. The van der Waals surface area contributed by atoms with E-state index in [2.05, 4.69) is 14.7 Å². The first-order chi connectivity index (χ1) is 6.25. The molecule has 0 aromatic carbocycles. The Morgan fingerprint density at radius 1 is 1.38 bits per heavy atom. The summed E-state index contributed by atoms with van der Waals surface area (Å²) in [4.78, 5) is 18.0. The zero-order valence-electron chi connectivity index (χ0n) is 7.78. The zero-order valence-corrected chi connectivity index (χ0v) is 7.78. The molecule has 0 atom stereocenters. The molecule has 1 rings (SSSR count). The monoisotopic (exact) mass is 180 g/mol. The highest BCUT2D eigenvalue weighted by Gasteiger charge is 2.03. The molecule has 1 aromatic heterocycles. The van der Waals surface area contributed by atoms with E-state index in [1.54, 1.807) is 0 Å². The van der Waals surface area contributed by atoms with Gasteiger partial charge >= 0.3 is 0 Å². The number of hydrogen-bond donors (Lipinski definition) is 0. The molecule has 4 heteroatoms. The van der Waals surface area contributed by atoms with Gasteiger partial charge in [-0.15, -0.1) is 0 Å². The zero-order chi connectivity index (χ0) is 9.68. The summed E-state index contributed by atoms with van der Waals surface area (Å²) in [6.45, 7) is 4.68. The third-order valence-corrected chi connectivity index (χ3v) is 1.91. The van der Waals surface area contributed by atoms with E-state index in [9.17, 15) is 4.79 Å². The lowest BCUT2D eigenvalue weighted by Crippen LogP contribution is -2.04. The minimum absolute atomic E-state index is 0.387. The van der Waals surface area contributed by atoms with Crippen molar-refractivity contribution in [1.29, 1.82) is 0 Å². The smallest absolute Gasteiger partial charge is 0.293 e. The molecule has 0 aliphatic carbocycles. The molecule has 0 N–H and O–H groups in total. The van der Waals surface area contributed by atoms with E-state index in [1.807, 2.05) is 13.8 Å². The summed E-state index contributed by atoms with van der Waals surface area (Å²) in [5, 5.41) is 0. The first-order valence-corrected chi connectivity index (χ1v) is 4.08. The Kier molecular flexibility index (Phi) is 3.37. The number of aryl methyl sites for hydroxylation is 2. The highest BCUT2D eigenvalue weighted by molar-refractivity contribution is 5.37. The molecule has 0 radical (unpaired) electrons. The number of ether oxygens (including phenoxy) is 1. The van der Waals surface area contributed by atoms with Gasteiger partial charge in [0.15, 0.2) is 0 Å². The Bertz CT molecular complexity index is 279. The fraction of sp³-hybridized carbons (Fsp3) is 0.444. The summed E-state index contributed by atoms with van der Waals surface area (Å²) in [5.74, 6) is 0. The van der Waals surface area contributed by atoms with Crippen LogP contribution in [0.4, 0.5) is 0 Å². The minimum atomic E-state index is 0.387. The van der Waals surface area contributed by atoms with Crippen LogP contribution in [0.1, 0.15) is 17.0 Å². The lowest BCUT2D eigenvalue weighted by molar-refractivity contribution is -0.128. The molecule has 0 fully saturated rings. The molecular formula is C9H12N2O2. The Morgan fingerprint density at radius 2 is 2.00 bits per heavy atom. The number of aromatic nitrogens is 2. The van der Waals surface area contributed by atoms with Crippen LogP contribution in [-0.2, 0) is 16.0 Å². The van der Waals surface area contributed by atoms with Crippen LogP contribution in [-0.4, -0.2) is 23.0 Å². The third-order valence-electron chi connectivity index (χ3n) is 1.91. The van der Waals surface area contributed by atoms with E-state index in [0.29, 0.717) is 19.5 Å². The number of nitrogens with zero attached hydrogens (tertiary/aromatic N) is 2. The summed E-state index contributed by atoms with van der Waals surface area (Å²) in [6, 6.07) is 0. The molecule has 0 saturated carbocycles. The molecule has 13 heavy (non-hydrogen) atoms. The van der Waals surface area contributed by atoms with Crippen LogP contribution in [0.5, 0.6) is 0 Å². The fourth-order valence-electron chi connectivity index (χ4n) is 1.19. The second-order valence-electron chi connectivity index (χ2n) is 2.74. The summed E-state index contributed by atoms with van der Waals surface area (Å²) < 4.78 is 4.61. The predicted octanol–water partition coefficient (Wildman–Crippen LogP) is 0.809. The van der Waals surface area contributed by atoms with Crippen LogP contribution in [0.15, 0.2) is 6.33 Å². The Hall–Kier alpha value is -1.45. The van der Waals surface area contributed by atoms with E-state index >= 15 is 0 Å². The van der Waals surface area contributed by atoms with Gasteiger partial charge in [-0.2, -0.15) is 0 Å². The van der Waals surface area contributed by atoms with Crippen LogP contribution in [0.2, 0.25) is 0 Å². The maximum atomic E-state index is 9.91. The Labute approximate surface area is 77.0 Å². The first-order valence-electron chi connectivity index (χ1n) is 4.08. The molecule has 0 aliphatic heterocycles. The van der Waals surface area contributed by atoms with Crippen LogP contribution in [0.3, 0.4) is 0 Å². The van der Waals surface area contributed by atoms with Gasteiger partial charge < -0.3 is 4.74 Å². The SMILES string of the molecule is Cc1ncnc(C)c1CCOC=O. The maximum Gasteiger partial charge on any atom is 0.293 e. The highest BCUT2D eigenvalue weighted by atomic mass is 16.5. The maximum absolute atomic E-state index is 9.91. The van der Waals surface area contributed by atoms with E-state index < -0.39 is 0 Å². The summed E-state index contributed by atoms with van der Waals surface area (Å²) >= 11 is 0. The molecule has 0 saturated heterocycles. The van der Waals surface area contributed by atoms with Crippen LogP contribution in [0.25, 0.3) is 0 Å². The molecule has 4 nitrogen and oxygen atoms in total. The molecule has 70 valence electrons. The average Bonchev–Trinajstić information content (AvgIpc) is 2.10. The van der Waals surface area contributed by atoms with Crippen molar-refractivity contribution in [1.82, 2.24) is 9.97 Å². The van der Waals surface area contributed by atoms with Crippen molar-refractivity contribution >= 4 is 6.47 Å². The van der Waals surface area contributed by atoms with Gasteiger partial charge in [-0.25, -0.2) is 9.97 Å². The number of hydrogen-bond acceptors (Lipinski definition) is 4. The summed E-state index contributed by atoms with van der Waals surface area (Å²) in [7, 11) is 0. The quantitative estimate of drug-likeness (QED) is 0.508. The van der Waals surface area contributed by atoms with Gasteiger partial charge in [-0.1, -0.05) is 0 Å². The highest BCUT2D eigenvalue weighted by Crippen LogP contribution is 2.08. The molecule has 1 aromatic rings. The molecule has 0 bridgehead atoms. The predicted molar refractivity (Wildman–Crippen MR) is 47.2 cm³/mol. The van der Waals surface area contributed by atoms with Gasteiger partial charge in [-0.3, -0.25) is 4.79 Å². The van der Waals surface area contributed by atoms with E-state index in [1.165, 1.54) is 6.33 Å². The van der Waals surface area contributed by atoms with Crippen molar-refractivity contribution in [3.8, 4) is 0 Å². The van der Waals surface area contributed by atoms with Gasteiger partial charge in [0.25, 0.3) is 6.47 Å². The van der Waals surface area contributed by atoms with E-state index in [0.717, 1.165) is 17.0 Å². The van der Waals surface area contributed by atoms with Gasteiger partial charge in [-0.05, 0) is 19.4 Å². The van der Waals surface area contributed by atoms with Crippen LogP contribution < -0.4 is 0 Å². The molecule has 0 amide bonds. The van der Waals surface area contributed by atoms with Gasteiger partial charge in [0.2, 0.25) is 0 Å². The van der Waals surface area contributed by atoms with Crippen molar-refractivity contribution < 1.29 is 9.53 Å². The molecule has 0 spiro atoms. The fourth-order valence-corrected chi connectivity index (χ4v) is 1.19.